The Balaban J connectivity index is 0.00000225. The van der Waals surface area contributed by atoms with Gasteiger partial charge in [0, 0.05) is 25.7 Å². The van der Waals surface area contributed by atoms with Crippen LogP contribution in [0.2, 0.25) is 0 Å². The van der Waals surface area contributed by atoms with Gasteiger partial charge in [-0.1, -0.05) is 13.8 Å². The van der Waals surface area contributed by atoms with Crippen molar-refractivity contribution in [2.45, 2.75) is 39.2 Å². The summed E-state index contributed by atoms with van der Waals surface area (Å²) in [7, 11) is 3.39. The van der Waals surface area contributed by atoms with Gasteiger partial charge in [0.2, 0.25) is 0 Å². The van der Waals surface area contributed by atoms with Crippen LogP contribution in [0.5, 0.6) is 11.5 Å². The number of nitrogens with zero attached hydrogens (tertiary/aromatic N) is 1. The van der Waals surface area contributed by atoms with Gasteiger partial charge in [-0.25, -0.2) is 0 Å². The van der Waals surface area contributed by atoms with E-state index in [1.165, 1.54) is 17.5 Å². The Morgan fingerprint density at radius 3 is 2.44 bits per heavy atom. The van der Waals surface area contributed by atoms with Gasteiger partial charge in [-0.2, -0.15) is 0 Å². The van der Waals surface area contributed by atoms with E-state index in [2.05, 4.69) is 30.9 Å². The first-order valence-electron chi connectivity index (χ1n) is 9.17. The summed E-state index contributed by atoms with van der Waals surface area (Å²) in [5, 5.41) is 9.93. The molecule has 0 amide bonds. The van der Waals surface area contributed by atoms with Gasteiger partial charge in [-0.05, 0) is 60.3 Å². The molecule has 1 aromatic rings. The van der Waals surface area contributed by atoms with Crippen LogP contribution in [-0.4, -0.2) is 43.9 Å². The molecule has 0 unspecified atom stereocenters. The molecule has 4 nitrogen and oxygen atoms in total. The standard InChI is InChI=1S/C20H31NO3.ClH/c1-13(2)7-15-11-21-6-5-14-9-19(23-3)20(24-4)10-17(14)18(21)8-16(15)12-22;/h9-10,13,15-16,18,22H,5-8,11-12H2,1-4H3;1H/t15-,16+,18-;/m1./s1. The average Bonchev–Trinajstić information content (AvgIpc) is 2.59. The second kappa shape index (κ2) is 8.61. The molecule has 25 heavy (non-hydrogen) atoms. The Kier molecular flexibility index (Phi) is 7.01. The molecule has 3 atom stereocenters. The lowest BCUT2D eigenvalue weighted by molar-refractivity contribution is 0.0187. The highest BCUT2D eigenvalue weighted by molar-refractivity contribution is 5.85. The number of aliphatic hydroxyl groups is 1. The molecule has 0 saturated carbocycles. The molecule has 5 heteroatoms. The van der Waals surface area contributed by atoms with Crippen molar-refractivity contribution in [1.29, 1.82) is 0 Å². The van der Waals surface area contributed by atoms with Gasteiger partial charge in [0.05, 0.1) is 14.2 Å². The zero-order valence-electron chi connectivity index (χ0n) is 15.8. The number of benzene rings is 1. The third-order valence-corrected chi connectivity index (χ3v) is 5.78. The molecule has 2 aliphatic rings. The van der Waals surface area contributed by atoms with Crippen molar-refractivity contribution < 1.29 is 14.6 Å². The van der Waals surface area contributed by atoms with Gasteiger partial charge >= 0.3 is 0 Å². The van der Waals surface area contributed by atoms with Gasteiger partial charge in [0.25, 0.3) is 0 Å². The Labute approximate surface area is 157 Å². The molecule has 2 aliphatic heterocycles. The van der Waals surface area contributed by atoms with E-state index < -0.39 is 0 Å². The van der Waals surface area contributed by atoms with Crippen LogP contribution in [0.4, 0.5) is 0 Å². The molecule has 0 spiro atoms. The van der Waals surface area contributed by atoms with Crippen LogP contribution in [0.25, 0.3) is 0 Å². The van der Waals surface area contributed by atoms with Crippen molar-refractivity contribution in [2.24, 2.45) is 17.8 Å². The molecule has 1 saturated heterocycles. The number of halogens is 1. The number of aliphatic hydroxyl groups excluding tert-OH is 1. The highest BCUT2D eigenvalue weighted by atomic mass is 35.5. The number of hydrogen-bond donors (Lipinski definition) is 1. The first kappa shape index (κ1) is 20.3. The topological polar surface area (TPSA) is 41.9 Å². The number of methoxy groups -OCH3 is 2. The summed E-state index contributed by atoms with van der Waals surface area (Å²) in [6.07, 6.45) is 3.30. The van der Waals surface area contributed by atoms with Crippen LogP contribution >= 0.6 is 12.4 Å². The SMILES string of the molecule is COc1cc2c(cc1OC)[C@H]1C[C@@H](CO)[C@H](CC(C)C)CN1CC2.Cl. The second-order valence-electron chi connectivity index (χ2n) is 7.73. The number of ether oxygens (including phenoxy) is 2. The molecule has 142 valence electrons. The van der Waals surface area contributed by atoms with Gasteiger partial charge in [0.1, 0.15) is 0 Å². The first-order chi connectivity index (χ1) is 11.6. The molecule has 0 aromatic heterocycles. The minimum atomic E-state index is 0. The van der Waals surface area contributed by atoms with Crippen LogP contribution in [-0.2, 0) is 6.42 Å². The maximum Gasteiger partial charge on any atom is 0.161 e. The largest absolute Gasteiger partial charge is 0.493 e. The van der Waals surface area contributed by atoms with Crippen molar-refractivity contribution in [3.05, 3.63) is 23.3 Å². The Morgan fingerprint density at radius 2 is 1.84 bits per heavy atom. The zero-order valence-corrected chi connectivity index (χ0v) is 16.6. The molecule has 0 radical (unpaired) electrons. The minimum absolute atomic E-state index is 0. The Bertz CT molecular complexity index is 578. The van der Waals surface area contributed by atoms with Crippen molar-refractivity contribution in [3.8, 4) is 11.5 Å². The van der Waals surface area contributed by atoms with E-state index in [1.807, 2.05) is 0 Å². The monoisotopic (exact) mass is 369 g/mol. The lowest BCUT2D eigenvalue weighted by atomic mass is 9.74. The fourth-order valence-corrected chi connectivity index (χ4v) is 4.60. The minimum Gasteiger partial charge on any atom is -0.493 e. The van der Waals surface area contributed by atoms with E-state index in [0.717, 1.165) is 37.4 Å². The van der Waals surface area contributed by atoms with Crippen LogP contribution in [0.3, 0.4) is 0 Å². The van der Waals surface area contributed by atoms with Gasteiger partial charge in [0.15, 0.2) is 11.5 Å². The highest BCUT2D eigenvalue weighted by Gasteiger charge is 2.39. The van der Waals surface area contributed by atoms with Gasteiger partial charge < -0.3 is 14.6 Å². The summed E-state index contributed by atoms with van der Waals surface area (Å²) in [6.45, 7) is 7.05. The van der Waals surface area contributed by atoms with Crippen molar-refractivity contribution in [1.82, 2.24) is 4.90 Å². The number of fused-ring (bicyclic) bond motifs is 3. The third-order valence-electron chi connectivity index (χ3n) is 5.78. The maximum absolute atomic E-state index is 9.93. The molecule has 1 N–H and O–H groups in total. The van der Waals surface area contributed by atoms with Crippen LogP contribution < -0.4 is 9.47 Å². The predicted octanol–water partition coefficient (Wildman–Crippen LogP) is 3.70. The lowest BCUT2D eigenvalue weighted by Crippen LogP contribution is -2.47. The normalized spacial score (nSPS) is 25.8. The molecular weight excluding hydrogens is 338 g/mol. The summed E-state index contributed by atoms with van der Waals surface area (Å²) >= 11 is 0. The predicted molar refractivity (Wildman–Crippen MR) is 103 cm³/mol. The highest BCUT2D eigenvalue weighted by Crippen LogP contribution is 2.45. The fourth-order valence-electron chi connectivity index (χ4n) is 4.60. The van der Waals surface area contributed by atoms with E-state index in [0.29, 0.717) is 30.4 Å². The van der Waals surface area contributed by atoms with E-state index in [4.69, 9.17) is 9.47 Å². The van der Waals surface area contributed by atoms with Crippen molar-refractivity contribution in [3.63, 3.8) is 0 Å². The molecule has 3 rings (SSSR count). The van der Waals surface area contributed by atoms with E-state index in [9.17, 15) is 5.11 Å². The molecule has 2 heterocycles. The smallest absolute Gasteiger partial charge is 0.161 e. The summed E-state index contributed by atoms with van der Waals surface area (Å²) < 4.78 is 11.0. The Morgan fingerprint density at radius 1 is 1.16 bits per heavy atom. The van der Waals surface area contributed by atoms with E-state index >= 15 is 0 Å². The van der Waals surface area contributed by atoms with Crippen LogP contribution in [0, 0.1) is 17.8 Å². The van der Waals surface area contributed by atoms with Gasteiger partial charge in [-0.15, -0.1) is 12.4 Å². The number of rotatable bonds is 5. The van der Waals surface area contributed by atoms with Crippen LogP contribution in [0.15, 0.2) is 12.1 Å². The summed E-state index contributed by atoms with van der Waals surface area (Å²) in [6, 6.07) is 4.69. The molecule has 0 aliphatic carbocycles. The molecule has 0 bridgehead atoms. The van der Waals surface area contributed by atoms with Crippen molar-refractivity contribution in [2.75, 3.05) is 33.9 Å². The summed E-state index contributed by atoms with van der Waals surface area (Å²) in [5.74, 6) is 3.31. The zero-order chi connectivity index (χ0) is 17.3. The quantitative estimate of drug-likeness (QED) is 0.859. The fraction of sp³-hybridized carbons (Fsp3) is 0.700. The average molecular weight is 370 g/mol. The first-order valence-corrected chi connectivity index (χ1v) is 9.17. The molecule has 1 aromatic carbocycles. The van der Waals surface area contributed by atoms with Gasteiger partial charge in [-0.3, -0.25) is 4.90 Å². The molecular formula is C20H32ClNO3. The third kappa shape index (κ3) is 4.07. The Hall–Kier alpha value is -0.970. The lowest BCUT2D eigenvalue weighted by Gasteiger charge is -2.47. The van der Waals surface area contributed by atoms with Crippen molar-refractivity contribution >= 4 is 12.4 Å². The maximum atomic E-state index is 9.93. The molecule has 1 fully saturated rings. The number of piperidine rings is 1. The van der Waals surface area contributed by atoms with Crippen LogP contribution in [0.1, 0.15) is 43.9 Å². The summed E-state index contributed by atoms with van der Waals surface area (Å²) in [4.78, 5) is 2.62. The second-order valence-corrected chi connectivity index (χ2v) is 7.73. The summed E-state index contributed by atoms with van der Waals surface area (Å²) in [5.41, 5.74) is 2.73. The van der Waals surface area contributed by atoms with E-state index in [-0.39, 0.29) is 12.4 Å². The van der Waals surface area contributed by atoms with E-state index in [1.54, 1.807) is 14.2 Å². The number of hydrogen-bond acceptors (Lipinski definition) is 4.